The van der Waals surface area contributed by atoms with E-state index in [2.05, 4.69) is 0 Å². The lowest BCUT2D eigenvalue weighted by Gasteiger charge is -2.07. The highest BCUT2D eigenvalue weighted by Crippen LogP contribution is 2.26. The predicted molar refractivity (Wildman–Crippen MR) is 74.3 cm³/mol. The Kier molecular flexibility index (Phi) is 3.90. The second kappa shape index (κ2) is 5.32. The molecule has 2 nitrogen and oxygen atoms in total. The summed E-state index contributed by atoms with van der Waals surface area (Å²) in [6.07, 6.45) is 1.57. The zero-order chi connectivity index (χ0) is 14.9. The van der Waals surface area contributed by atoms with Crippen molar-refractivity contribution in [3.8, 4) is 11.1 Å². The Morgan fingerprint density at radius 3 is 2.20 bits per heavy atom. The van der Waals surface area contributed by atoms with Gasteiger partial charge in [-0.05, 0) is 35.7 Å². The van der Waals surface area contributed by atoms with Crippen LogP contribution in [0.15, 0.2) is 41.3 Å². The van der Waals surface area contributed by atoms with E-state index in [1.54, 1.807) is 12.1 Å². The molecule has 5 heteroatoms. The summed E-state index contributed by atoms with van der Waals surface area (Å²) in [7, 11) is -3.46. The molecule has 0 aliphatic heterocycles. The average molecular weight is 296 g/mol. The van der Waals surface area contributed by atoms with Gasteiger partial charge in [0.1, 0.15) is 11.6 Å². The number of benzene rings is 2. The van der Waals surface area contributed by atoms with Crippen LogP contribution in [0.1, 0.15) is 12.5 Å². The SMILES string of the molecule is CCc1ccc(-c2ccc(S(C)(=O)=O)cc2F)cc1F. The number of hydrogen-bond donors (Lipinski definition) is 0. The van der Waals surface area contributed by atoms with Crippen molar-refractivity contribution < 1.29 is 17.2 Å². The molecule has 2 aromatic rings. The lowest BCUT2D eigenvalue weighted by atomic mass is 10.0. The van der Waals surface area contributed by atoms with E-state index >= 15 is 0 Å². The maximum Gasteiger partial charge on any atom is 0.175 e. The van der Waals surface area contributed by atoms with E-state index in [1.165, 1.54) is 18.2 Å². The number of hydrogen-bond acceptors (Lipinski definition) is 2. The Labute approximate surface area is 117 Å². The molecule has 0 saturated carbocycles. The molecule has 0 bridgehead atoms. The van der Waals surface area contributed by atoms with Crippen LogP contribution in [0.2, 0.25) is 0 Å². The predicted octanol–water partition coefficient (Wildman–Crippen LogP) is 3.60. The third-order valence-corrected chi connectivity index (χ3v) is 4.22. The van der Waals surface area contributed by atoms with Crippen molar-refractivity contribution in [2.24, 2.45) is 0 Å². The fourth-order valence-corrected chi connectivity index (χ4v) is 2.59. The standard InChI is InChI=1S/C15H14F2O2S/c1-3-10-4-5-11(8-14(10)16)13-7-6-12(9-15(13)17)20(2,18)19/h4-9H,3H2,1-2H3. The van der Waals surface area contributed by atoms with Gasteiger partial charge in [0.05, 0.1) is 4.90 Å². The third kappa shape index (κ3) is 2.88. The molecule has 106 valence electrons. The van der Waals surface area contributed by atoms with Crippen LogP contribution < -0.4 is 0 Å². The molecule has 0 aromatic heterocycles. The minimum atomic E-state index is -3.46. The van der Waals surface area contributed by atoms with Crippen molar-refractivity contribution in [1.82, 2.24) is 0 Å². The van der Waals surface area contributed by atoms with Gasteiger partial charge in [0.2, 0.25) is 0 Å². The van der Waals surface area contributed by atoms with Crippen LogP contribution in [0, 0.1) is 11.6 Å². The molecule has 0 N–H and O–H groups in total. The van der Waals surface area contributed by atoms with Gasteiger partial charge in [0, 0.05) is 11.8 Å². The van der Waals surface area contributed by atoms with Gasteiger partial charge in [-0.1, -0.05) is 25.1 Å². The highest BCUT2D eigenvalue weighted by molar-refractivity contribution is 7.90. The summed E-state index contributed by atoms with van der Waals surface area (Å²) in [6.45, 7) is 1.83. The summed E-state index contributed by atoms with van der Waals surface area (Å²) in [5.74, 6) is -1.08. The van der Waals surface area contributed by atoms with Crippen molar-refractivity contribution in [3.05, 3.63) is 53.6 Å². The number of halogens is 2. The Balaban J connectivity index is 2.51. The summed E-state index contributed by atoms with van der Waals surface area (Å²) in [4.78, 5) is -0.0931. The van der Waals surface area contributed by atoms with Crippen LogP contribution in [0.3, 0.4) is 0 Å². The molecule has 0 heterocycles. The molecular weight excluding hydrogens is 282 g/mol. The van der Waals surface area contributed by atoms with Gasteiger partial charge in [-0.3, -0.25) is 0 Å². The Hall–Kier alpha value is -1.75. The van der Waals surface area contributed by atoms with Crippen LogP contribution in [0.5, 0.6) is 0 Å². The van der Waals surface area contributed by atoms with E-state index in [-0.39, 0.29) is 10.5 Å². The number of aryl methyl sites for hydroxylation is 1. The first-order valence-corrected chi connectivity index (χ1v) is 8.00. The van der Waals surface area contributed by atoms with Crippen LogP contribution in [0.25, 0.3) is 11.1 Å². The Morgan fingerprint density at radius 1 is 1.00 bits per heavy atom. The molecule has 2 aromatic carbocycles. The van der Waals surface area contributed by atoms with Crippen LogP contribution in [-0.2, 0) is 16.3 Å². The largest absolute Gasteiger partial charge is 0.224 e. The summed E-state index contributed by atoms with van der Waals surface area (Å²) in [5, 5.41) is 0. The molecule has 0 saturated heterocycles. The fraction of sp³-hybridized carbons (Fsp3) is 0.200. The number of rotatable bonds is 3. The van der Waals surface area contributed by atoms with Gasteiger partial charge < -0.3 is 0 Å². The van der Waals surface area contributed by atoms with Crippen LogP contribution >= 0.6 is 0 Å². The van der Waals surface area contributed by atoms with Crippen molar-refractivity contribution >= 4 is 9.84 Å². The Bertz CT molecular complexity index is 752. The van der Waals surface area contributed by atoms with Gasteiger partial charge >= 0.3 is 0 Å². The lowest BCUT2D eigenvalue weighted by Crippen LogP contribution is -1.98. The fourth-order valence-electron chi connectivity index (χ4n) is 1.96. The second-order valence-corrected chi connectivity index (χ2v) is 6.59. The van der Waals surface area contributed by atoms with Gasteiger partial charge in [0.25, 0.3) is 0 Å². The first-order valence-electron chi connectivity index (χ1n) is 6.11. The zero-order valence-electron chi connectivity index (χ0n) is 11.2. The third-order valence-electron chi connectivity index (χ3n) is 3.11. The van der Waals surface area contributed by atoms with Crippen molar-refractivity contribution in [2.75, 3.05) is 6.26 Å². The molecule has 0 aliphatic carbocycles. The topological polar surface area (TPSA) is 34.1 Å². The Morgan fingerprint density at radius 2 is 1.70 bits per heavy atom. The van der Waals surface area contributed by atoms with E-state index in [0.717, 1.165) is 12.3 Å². The van der Waals surface area contributed by atoms with Gasteiger partial charge in [-0.2, -0.15) is 0 Å². The summed E-state index contributed by atoms with van der Waals surface area (Å²) < 4.78 is 50.4. The smallest absolute Gasteiger partial charge is 0.175 e. The van der Waals surface area contributed by atoms with Crippen molar-refractivity contribution in [3.63, 3.8) is 0 Å². The first kappa shape index (κ1) is 14.7. The second-order valence-electron chi connectivity index (χ2n) is 4.57. The quantitative estimate of drug-likeness (QED) is 0.867. The van der Waals surface area contributed by atoms with E-state index in [0.29, 0.717) is 17.5 Å². The maximum absolute atomic E-state index is 14.0. The molecule has 0 aliphatic rings. The van der Waals surface area contributed by atoms with Gasteiger partial charge in [-0.25, -0.2) is 17.2 Å². The molecule has 0 amide bonds. The van der Waals surface area contributed by atoms with Gasteiger partial charge in [0.15, 0.2) is 9.84 Å². The zero-order valence-corrected chi connectivity index (χ0v) is 12.0. The molecule has 0 radical (unpaired) electrons. The summed E-state index contributed by atoms with van der Waals surface area (Å²) in [5.41, 5.74) is 1.12. The van der Waals surface area contributed by atoms with E-state index in [1.807, 2.05) is 6.92 Å². The number of sulfone groups is 1. The molecular formula is C15H14F2O2S. The highest BCUT2D eigenvalue weighted by Gasteiger charge is 2.13. The van der Waals surface area contributed by atoms with Crippen molar-refractivity contribution in [2.45, 2.75) is 18.2 Å². The maximum atomic E-state index is 14.0. The normalized spacial score (nSPS) is 11.6. The van der Waals surface area contributed by atoms with E-state index in [4.69, 9.17) is 0 Å². The minimum absolute atomic E-state index is 0.0931. The molecule has 2 rings (SSSR count). The molecule has 0 spiro atoms. The molecule has 0 atom stereocenters. The molecule has 0 fully saturated rings. The molecule has 0 unspecified atom stereocenters. The monoisotopic (exact) mass is 296 g/mol. The van der Waals surface area contributed by atoms with E-state index in [9.17, 15) is 17.2 Å². The van der Waals surface area contributed by atoms with Crippen LogP contribution in [-0.4, -0.2) is 14.7 Å². The van der Waals surface area contributed by atoms with Crippen molar-refractivity contribution in [1.29, 1.82) is 0 Å². The average Bonchev–Trinajstić information content (AvgIpc) is 2.37. The summed E-state index contributed by atoms with van der Waals surface area (Å²) in [6, 6.07) is 8.12. The van der Waals surface area contributed by atoms with Crippen LogP contribution in [0.4, 0.5) is 8.78 Å². The first-order chi connectivity index (χ1) is 9.32. The summed E-state index contributed by atoms with van der Waals surface area (Å²) >= 11 is 0. The van der Waals surface area contributed by atoms with Gasteiger partial charge in [-0.15, -0.1) is 0 Å². The van der Waals surface area contributed by atoms with E-state index < -0.39 is 21.5 Å². The lowest BCUT2D eigenvalue weighted by molar-refractivity contribution is 0.596. The molecule has 20 heavy (non-hydrogen) atoms. The highest BCUT2D eigenvalue weighted by atomic mass is 32.2. The minimum Gasteiger partial charge on any atom is -0.224 e.